The number of hydrogen-bond donors (Lipinski definition) is 1. The van der Waals surface area contributed by atoms with Gasteiger partial charge in [-0.05, 0) is 49.9 Å². The van der Waals surface area contributed by atoms with E-state index < -0.39 is 64.7 Å². The van der Waals surface area contributed by atoms with Crippen LogP contribution in [0.4, 0.5) is 10.5 Å². The monoisotopic (exact) mass is 544 g/mol. The van der Waals surface area contributed by atoms with Crippen molar-refractivity contribution in [3.63, 3.8) is 0 Å². The molecule has 10 nitrogen and oxygen atoms in total. The summed E-state index contributed by atoms with van der Waals surface area (Å²) in [5, 5.41) is 11.2. The minimum Gasteiger partial charge on any atom is -0.508 e. The molecule has 206 valence electrons. The van der Waals surface area contributed by atoms with Gasteiger partial charge in [0.15, 0.2) is 0 Å². The van der Waals surface area contributed by atoms with Crippen molar-refractivity contribution >= 4 is 35.4 Å². The van der Waals surface area contributed by atoms with E-state index in [9.17, 15) is 29.1 Å². The van der Waals surface area contributed by atoms with E-state index in [1.807, 2.05) is 6.08 Å². The number of fused-ring (bicyclic) bond motifs is 4. The zero-order valence-corrected chi connectivity index (χ0v) is 22.2. The van der Waals surface area contributed by atoms with Gasteiger partial charge in [-0.2, -0.15) is 4.90 Å². The number of likely N-dealkylation sites (tertiary alicyclic amines) is 1. The van der Waals surface area contributed by atoms with Gasteiger partial charge < -0.3 is 14.6 Å². The Hall–Kier alpha value is -4.47. The highest BCUT2D eigenvalue weighted by Crippen LogP contribution is 2.65. The molecule has 6 atom stereocenters. The zero-order valence-electron chi connectivity index (χ0n) is 22.2. The minimum atomic E-state index is -1.33. The maximum absolute atomic E-state index is 14.3. The Labute approximate surface area is 230 Å². The number of carbonyl (C=O) groups excluding carboxylic acids is 5. The number of hydrogen-bond acceptors (Lipinski definition) is 8. The van der Waals surface area contributed by atoms with Crippen molar-refractivity contribution in [2.24, 2.45) is 29.1 Å². The number of methoxy groups -OCH3 is 2. The number of benzene rings is 2. The molecule has 5 amide bonds. The number of allylic oxidation sites excluding steroid dienone is 2. The molecule has 0 aromatic heterocycles. The van der Waals surface area contributed by atoms with E-state index >= 15 is 0 Å². The summed E-state index contributed by atoms with van der Waals surface area (Å²) in [6, 6.07) is 13.4. The van der Waals surface area contributed by atoms with Gasteiger partial charge in [-0.15, -0.1) is 0 Å². The van der Waals surface area contributed by atoms with Crippen LogP contribution in [-0.2, 0) is 23.9 Å². The molecule has 6 rings (SSSR count). The number of carbonyl (C=O) groups is 5. The Balaban J connectivity index is 1.56. The van der Waals surface area contributed by atoms with E-state index in [-0.39, 0.29) is 18.6 Å². The largest absolute Gasteiger partial charge is 0.508 e. The Morgan fingerprint density at radius 3 is 2.35 bits per heavy atom. The summed E-state index contributed by atoms with van der Waals surface area (Å²) in [6.45, 7) is 1.73. The first-order valence-corrected chi connectivity index (χ1v) is 13.1. The van der Waals surface area contributed by atoms with E-state index in [0.29, 0.717) is 27.5 Å². The van der Waals surface area contributed by atoms with Crippen LogP contribution >= 0.6 is 0 Å². The number of phenols is 1. The number of rotatable bonds is 3. The van der Waals surface area contributed by atoms with Gasteiger partial charge in [-0.1, -0.05) is 35.9 Å². The van der Waals surface area contributed by atoms with E-state index in [4.69, 9.17) is 9.47 Å². The Morgan fingerprint density at radius 1 is 0.950 bits per heavy atom. The summed E-state index contributed by atoms with van der Waals surface area (Å²) in [6.07, 6.45) is 1.07. The molecule has 0 radical (unpaired) electrons. The summed E-state index contributed by atoms with van der Waals surface area (Å²) in [5.41, 5.74) is 0.102. The standard InChI is InChI=1S/C30H28N2O8/c1-30-19(26(35)31(28(30)37)15-8-5-4-6-9-15)14-18-16(24(30)23-20(33)10-7-11-21(23)39-2)12-13-17-22(18)27(36)32(25(17)34)29(38)40-3/h4-12,17-19,22,24,33H,13-14H2,1-3H3/t17-,18+,19-,22-,24+,30+/m0/s1. The Bertz CT molecular complexity index is 1500. The first kappa shape index (κ1) is 25.8. The second-order valence-corrected chi connectivity index (χ2v) is 10.9. The van der Waals surface area contributed by atoms with Gasteiger partial charge in [0.25, 0.3) is 0 Å². The third-order valence-corrected chi connectivity index (χ3v) is 9.20. The fraction of sp³-hybridized carbons (Fsp3) is 0.367. The zero-order chi connectivity index (χ0) is 28.5. The lowest BCUT2D eigenvalue weighted by molar-refractivity contribution is -0.138. The van der Waals surface area contributed by atoms with Crippen molar-refractivity contribution < 1.29 is 38.6 Å². The van der Waals surface area contributed by atoms with Crippen LogP contribution in [-0.4, -0.2) is 53.9 Å². The molecular weight excluding hydrogens is 516 g/mol. The lowest BCUT2D eigenvalue weighted by atomic mass is 9.51. The van der Waals surface area contributed by atoms with E-state index in [0.717, 1.165) is 7.11 Å². The molecule has 2 aliphatic heterocycles. The number of ether oxygens (including phenoxy) is 2. The van der Waals surface area contributed by atoms with Crippen molar-refractivity contribution in [3.8, 4) is 11.5 Å². The van der Waals surface area contributed by atoms with Crippen LogP contribution in [0.5, 0.6) is 11.5 Å². The molecule has 0 bridgehead atoms. The second kappa shape index (κ2) is 9.04. The highest BCUT2D eigenvalue weighted by molar-refractivity contribution is 6.24. The summed E-state index contributed by atoms with van der Waals surface area (Å²) in [7, 11) is 2.55. The lowest BCUT2D eigenvalue weighted by Gasteiger charge is -2.49. The quantitative estimate of drug-likeness (QED) is 0.460. The molecule has 2 aromatic rings. The van der Waals surface area contributed by atoms with Crippen molar-refractivity contribution in [2.45, 2.75) is 25.7 Å². The van der Waals surface area contributed by atoms with Crippen molar-refractivity contribution in [2.75, 3.05) is 19.1 Å². The SMILES string of the molecule is COC(=O)N1C(=O)[C@H]2[C@H](CC=C3[C@H]2C[C@H]2C(=O)N(c4ccccc4)C(=O)[C@@]2(C)[C@H]3c2c(O)cccc2OC)C1=O. The minimum absolute atomic E-state index is 0.114. The molecule has 10 heteroatoms. The van der Waals surface area contributed by atoms with Gasteiger partial charge in [0.2, 0.25) is 23.6 Å². The van der Waals surface area contributed by atoms with E-state index in [1.54, 1.807) is 49.4 Å². The van der Waals surface area contributed by atoms with Crippen LogP contribution in [0.25, 0.3) is 0 Å². The number of para-hydroxylation sites is 1. The molecule has 2 aliphatic carbocycles. The van der Waals surface area contributed by atoms with Crippen LogP contribution < -0.4 is 9.64 Å². The third-order valence-electron chi connectivity index (χ3n) is 9.20. The van der Waals surface area contributed by atoms with Gasteiger partial charge in [-0.25, -0.2) is 9.69 Å². The molecule has 1 N–H and O–H groups in total. The van der Waals surface area contributed by atoms with Crippen LogP contribution in [0.15, 0.2) is 60.2 Å². The smallest absolute Gasteiger partial charge is 0.423 e. The third kappa shape index (κ3) is 3.25. The summed E-state index contributed by atoms with van der Waals surface area (Å²) < 4.78 is 10.3. The Kier molecular flexibility index (Phi) is 5.83. The fourth-order valence-electron chi connectivity index (χ4n) is 7.42. The normalized spacial score (nSPS) is 31.0. The van der Waals surface area contributed by atoms with E-state index in [2.05, 4.69) is 0 Å². The number of aromatic hydroxyl groups is 1. The van der Waals surface area contributed by atoms with Gasteiger partial charge in [-0.3, -0.25) is 19.2 Å². The molecule has 40 heavy (non-hydrogen) atoms. The van der Waals surface area contributed by atoms with Gasteiger partial charge in [0.1, 0.15) is 11.5 Å². The molecule has 2 heterocycles. The average molecular weight is 545 g/mol. The molecule has 1 saturated carbocycles. The van der Waals surface area contributed by atoms with Gasteiger partial charge in [0.05, 0.1) is 43.1 Å². The molecule has 0 unspecified atom stereocenters. The molecule has 2 saturated heterocycles. The van der Waals surface area contributed by atoms with Crippen molar-refractivity contribution in [1.29, 1.82) is 0 Å². The predicted octanol–water partition coefficient (Wildman–Crippen LogP) is 3.40. The summed E-state index contributed by atoms with van der Waals surface area (Å²) >= 11 is 0. The first-order valence-electron chi connectivity index (χ1n) is 13.1. The maximum Gasteiger partial charge on any atom is 0.423 e. The van der Waals surface area contributed by atoms with Gasteiger partial charge >= 0.3 is 6.09 Å². The number of phenolic OH excluding ortho intramolecular Hbond substituents is 1. The van der Waals surface area contributed by atoms with Crippen LogP contribution in [0.3, 0.4) is 0 Å². The van der Waals surface area contributed by atoms with Crippen LogP contribution in [0.1, 0.15) is 31.2 Å². The highest BCUT2D eigenvalue weighted by Gasteiger charge is 2.68. The number of amides is 5. The van der Waals surface area contributed by atoms with Crippen molar-refractivity contribution in [3.05, 3.63) is 65.7 Å². The van der Waals surface area contributed by atoms with Crippen molar-refractivity contribution in [1.82, 2.24) is 4.90 Å². The van der Waals surface area contributed by atoms with Crippen LogP contribution in [0, 0.1) is 29.1 Å². The number of imide groups is 4. The number of anilines is 1. The molecule has 0 spiro atoms. The van der Waals surface area contributed by atoms with E-state index in [1.165, 1.54) is 18.1 Å². The lowest BCUT2D eigenvalue weighted by Crippen LogP contribution is -2.49. The molecule has 4 aliphatic rings. The fourth-order valence-corrected chi connectivity index (χ4v) is 7.42. The molecule has 2 aromatic carbocycles. The number of nitrogens with zero attached hydrogens (tertiary/aromatic N) is 2. The Morgan fingerprint density at radius 2 is 1.68 bits per heavy atom. The predicted molar refractivity (Wildman–Crippen MR) is 140 cm³/mol. The highest BCUT2D eigenvalue weighted by atomic mass is 16.5. The summed E-state index contributed by atoms with van der Waals surface area (Å²) in [4.78, 5) is 69.2. The molecule has 3 fully saturated rings. The second-order valence-electron chi connectivity index (χ2n) is 10.9. The van der Waals surface area contributed by atoms with Crippen LogP contribution in [0.2, 0.25) is 0 Å². The van der Waals surface area contributed by atoms with Gasteiger partial charge in [0, 0.05) is 11.5 Å². The average Bonchev–Trinajstić information content (AvgIpc) is 3.33. The first-order chi connectivity index (χ1) is 19.2. The maximum atomic E-state index is 14.3. The molecular formula is C30H28N2O8. The topological polar surface area (TPSA) is 131 Å². The summed E-state index contributed by atoms with van der Waals surface area (Å²) in [5.74, 6) is -5.99.